The van der Waals surface area contributed by atoms with Crippen molar-refractivity contribution in [1.82, 2.24) is 15.1 Å². The number of amides is 1. The first-order valence-corrected chi connectivity index (χ1v) is 9.28. The number of nitrogens with zero attached hydrogens (tertiary/aromatic N) is 2. The van der Waals surface area contributed by atoms with Crippen LogP contribution in [0.5, 0.6) is 0 Å². The average molecular weight is 337 g/mol. The van der Waals surface area contributed by atoms with Crippen LogP contribution in [0.4, 0.5) is 4.39 Å². The van der Waals surface area contributed by atoms with Gasteiger partial charge in [0.05, 0.1) is 5.25 Å². The number of nitrogens with one attached hydrogen (secondary N) is 1. The van der Waals surface area contributed by atoms with Gasteiger partial charge in [0.1, 0.15) is 11.2 Å². The Bertz CT molecular complexity index is 550. The van der Waals surface area contributed by atoms with Crippen LogP contribution >= 0.6 is 11.8 Å². The van der Waals surface area contributed by atoms with Crippen molar-refractivity contribution in [3.05, 3.63) is 35.6 Å². The third kappa shape index (κ3) is 3.70. The van der Waals surface area contributed by atoms with Crippen LogP contribution in [0, 0.1) is 5.82 Å². The first kappa shape index (κ1) is 16.7. The molecule has 0 bridgehead atoms. The number of hydrogen-bond acceptors (Lipinski definition) is 4. The molecule has 0 aromatic heterocycles. The van der Waals surface area contributed by atoms with Crippen LogP contribution in [0.2, 0.25) is 0 Å². The maximum Gasteiger partial charge on any atom is 0.236 e. The lowest BCUT2D eigenvalue weighted by atomic mass is 10.2. The molecule has 2 aliphatic heterocycles. The highest BCUT2D eigenvalue weighted by atomic mass is 32.2. The number of thioether (sulfide) groups is 1. The van der Waals surface area contributed by atoms with Crippen molar-refractivity contribution >= 4 is 17.7 Å². The molecule has 0 radical (unpaired) electrons. The minimum atomic E-state index is -0.221. The Morgan fingerprint density at radius 2 is 2.00 bits per heavy atom. The molecule has 23 heavy (non-hydrogen) atoms. The highest BCUT2D eigenvalue weighted by molar-refractivity contribution is 8.01. The quantitative estimate of drug-likeness (QED) is 0.892. The zero-order chi connectivity index (χ0) is 16.2. The molecule has 2 aliphatic rings. The minimum Gasteiger partial charge on any atom is -0.324 e. The van der Waals surface area contributed by atoms with Crippen LogP contribution in [-0.2, 0) is 4.79 Å². The van der Waals surface area contributed by atoms with E-state index in [0.717, 1.165) is 39.1 Å². The second-order valence-corrected chi connectivity index (χ2v) is 7.32. The summed E-state index contributed by atoms with van der Waals surface area (Å²) >= 11 is 1.59. The minimum absolute atomic E-state index is 0.0531. The summed E-state index contributed by atoms with van der Waals surface area (Å²) in [5, 5.41) is 3.08. The molecule has 0 aliphatic carbocycles. The zero-order valence-electron chi connectivity index (χ0n) is 13.5. The SMILES string of the molecule is CC[C@H]1S[C@@H](c2ccccc2F)N(CCN2CCNCC2)C1=O. The van der Waals surface area contributed by atoms with E-state index < -0.39 is 0 Å². The smallest absolute Gasteiger partial charge is 0.236 e. The largest absolute Gasteiger partial charge is 0.324 e. The van der Waals surface area contributed by atoms with Gasteiger partial charge < -0.3 is 10.2 Å². The fourth-order valence-electron chi connectivity index (χ4n) is 3.19. The van der Waals surface area contributed by atoms with Crippen molar-refractivity contribution in [2.75, 3.05) is 39.3 Å². The molecule has 2 heterocycles. The summed E-state index contributed by atoms with van der Waals surface area (Å²) in [6, 6.07) is 6.82. The molecule has 126 valence electrons. The molecule has 1 N–H and O–H groups in total. The van der Waals surface area contributed by atoms with Gasteiger partial charge in [-0.15, -0.1) is 11.8 Å². The first-order valence-electron chi connectivity index (χ1n) is 8.34. The molecule has 2 saturated heterocycles. The molecule has 2 fully saturated rings. The lowest BCUT2D eigenvalue weighted by Crippen LogP contribution is -2.47. The average Bonchev–Trinajstić information content (AvgIpc) is 2.90. The first-order chi connectivity index (χ1) is 11.2. The third-order valence-corrected chi connectivity index (χ3v) is 6.17. The number of hydrogen-bond donors (Lipinski definition) is 1. The summed E-state index contributed by atoms with van der Waals surface area (Å²) in [7, 11) is 0. The summed E-state index contributed by atoms with van der Waals surface area (Å²) in [6.07, 6.45) is 0.790. The Hall–Kier alpha value is -1.11. The fourth-order valence-corrected chi connectivity index (χ4v) is 4.64. The van der Waals surface area contributed by atoms with E-state index in [4.69, 9.17) is 0 Å². The normalized spacial score (nSPS) is 26.0. The Morgan fingerprint density at radius 3 is 2.70 bits per heavy atom. The van der Waals surface area contributed by atoms with E-state index in [1.165, 1.54) is 6.07 Å². The van der Waals surface area contributed by atoms with Gasteiger partial charge in [-0.2, -0.15) is 0 Å². The summed E-state index contributed by atoms with van der Waals surface area (Å²) < 4.78 is 14.2. The van der Waals surface area contributed by atoms with Crippen molar-refractivity contribution in [3.8, 4) is 0 Å². The molecule has 4 nitrogen and oxygen atoms in total. The van der Waals surface area contributed by atoms with Crippen LogP contribution in [0.1, 0.15) is 24.3 Å². The zero-order valence-corrected chi connectivity index (χ0v) is 14.3. The van der Waals surface area contributed by atoms with Crippen molar-refractivity contribution in [1.29, 1.82) is 0 Å². The van der Waals surface area contributed by atoms with Gasteiger partial charge in [0.2, 0.25) is 5.91 Å². The molecule has 6 heteroatoms. The maximum atomic E-state index is 14.2. The number of rotatable bonds is 5. The molecule has 2 atom stereocenters. The molecule has 1 aromatic carbocycles. The molecule has 0 spiro atoms. The van der Waals surface area contributed by atoms with E-state index in [2.05, 4.69) is 10.2 Å². The van der Waals surface area contributed by atoms with Gasteiger partial charge in [0, 0.05) is 44.8 Å². The summed E-state index contributed by atoms with van der Waals surface area (Å²) in [4.78, 5) is 16.9. The maximum absolute atomic E-state index is 14.2. The predicted molar refractivity (Wildman–Crippen MR) is 91.8 cm³/mol. The molecule has 0 unspecified atom stereocenters. The number of carbonyl (C=O) groups excluding carboxylic acids is 1. The van der Waals surface area contributed by atoms with Gasteiger partial charge in [-0.1, -0.05) is 25.1 Å². The summed E-state index contributed by atoms with van der Waals surface area (Å²) in [5.74, 6) is -0.0670. The van der Waals surface area contributed by atoms with Gasteiger partial charge in [-0.05, 0) is 12.5 Å². The molecule has 0 saturated carbocycles. The number of benzene rings is 1. The van der Waals surface area contributed by atoms with E-state index in [-0.39, 0.29) is 22.3 Å². The third-order valence-electron chi connectivity index (χ3n) is 4.54. The fraction of sp³-hybridized carbons (Fsp3) is 0.588. The van der Waals surface area contributed by atoms with E-state index in [0.29, 0.717) is 12.1 Å². The lowest BCUT2D eigenvalue weighted by molar-refractivity contribution is -0.130. The Balaban J connectivity index is 1.73. The molecular formula is C17H24FN3OS. The molecule has 1 aromatic rings. The van der Waals surface area contributed by atoms with E-state index in [9.17, 15) is 9.18 Å². The van der Waals surface area contributed by atoms with E-state index in [1.807, 2.05) is 17.9 Å². The molecule has 1 amide bonds. The van der Waals surface area contributed by atoms with Crippen LogP contribution < -0.4 is 5.32 Å². The van der Waals surface area contributed by atoms with Crippen molar-refractivity contribution < 1.29 is 9.18 Å². The molecule has 3 rings (SSSR count). The number of halogens is 1. The molecular weight excluding hydrogens is 313 g/mol. The van der Waals surface area contributed by atoms with Gasteiger partial charge in [-0.25, -0.2) is 4.39 Å². The standard InChI is InChI=1S/C17H24FN3OS/c1-2-15-16(22)21(12-11-20-9-7-19-8-10-20)17(23-15)13-5-3-4-6-14(13)18/h3-6,15,17,19H,2,7-12H2,1H3/t15-,17+/m1/s1. The van der Waals surface area contributed by atoms with Crippen molar-refractivity contribution in [3.63, 3.8) is 0 Å². The van der Waals surface area contributed by atoms with E-state index >= 15 is 0 Å². The second kappa shape index (κ2) is 7.64. The highest BCUT2D eigenvalue weighted by Crippen LogP contribution is 2.44. The summed E-state index contributed by atoms with van der Waals surface area (Å²) in [5.41, 5.74) is 0.627. The Kier molecular flexibility index (Phi) is 5.56. The van der Waals surface area contributed by atoms with E-state index in [1.54, 1.807) is 23.9 Å². The Labute approximate surface area is 141 Å². The van der Waals surface area contributed by atoms with Crippen molar-refractivity contribution in [2.45, 2.75) is 24.0 Å². The monoisotopic (exact) mass is 337 g/mol. The van der Waals surface area contributed by atoms with Crippen molar-refractivity contribution in [2.24, 2.45) is 0 Å². The highest BCUT2D eigenvalue weighted by Gasteiger charge is 2.40. The van der Waals surface area contributed by atoms with Gasteiger partial charge >= 0.3 is 0 Å². The topological polar surface area (TPSA) is 35.6 Å². The summed E-state index contributed by atoms with van der Waals surface area (Å²) in [6.45, 7) is 7.56. The van der Waals surface area contributed by atoms with Gasteiger partial charge in [0.15, 0.2) is 0 Å². The van der Waals surface area contributed by atoms with Crippen LogP contribution in [0.15, 0.2) is 24.3 Å². The van der Waals surface area contributed by atoms with Gasteiger partial charge in [-0.3, -0.25) is 9.69 Å². The van der Waals surface area contributed by atoms with Crippen LogP contribution in [-0.4, -0.2) is 60.2 Å². The van der Waals surface area contributed by atoms with Gasteiger partial charge in [0.25, 0.3) is 0 Å². The Morgan fingerprint density at radius 1 is 1.26 bits per heavy atom. The predicted octanol–water partition coefficient (Wildman–Crippen LogP) is 2.08. The van der Waals surface area contributed by atoms with Crippen LogP contribution in [0.25, 0.3) is 0 Å². The second-order valence-electron chi connectivity index (χ2n) is 6.03. The lowest BCUT2D eigenvalue weighted by Gasteiger charge is -2.31. The number of carbonyl (C=O) groups is 1. The number of piperazine rings is 1. The van der Waals surface area contributed by atoms with Crippen LogP contribution in [0.3, 0.4) is 0 Å².